The summed E-state index contributed by atoms with van der Waals surface area (Å²) < 4.78 is 0. The van der Waals surface area contributed by atoms with Gasteiger partial charge >= 0.3 is 0 Å². The summed E-state index contributed by atoms with van der Waals surface area (Å²) in [5, 5.41) is 3.14. The standard InChI is InChI=1S/C11H19ClN2O/c1-8-4-3-5-11(13,6-8)10(15)14-7-9(2)12/h8H,2-7,13H2,1H3,(H,14,15). The van der Waals surface area contributed by atoms with Gasteiger partial charge in [-0.05, 0) is 18.8 Å². The minimum atomic E-state index is -0.704. The topological polar surface area (TPSA) is 55.1 Å². The predicted molar refractivity (Wildman–Crippen MR) is 62.6 cm³/mol. The first-order chi connectivity index (χ1) is 6.94. The highest BCUT2D eigenvalue weighted by molar-refractivity contribution is 6.29. The zero-order valence-electron chi connectivity index (χ0n) is 9.18. The predicted octanol–water partition coefficient (Wildman–Crippen LogP) is 1.76. The molecule has 15 heavy (non-hydrogen) atoms. The largest absolute Gasteiger partial charge is 0.350 e. The number of halogens is 1. The van der Waals surface area contributed by atoms with E-state index in [0.717, 1.165) is 25.7 Å². The summed E-state index contributed by atoms with van der Waals surface area (Å²) in [6, 6.07) is 0. The Morgan fingerprint density at radius 2 is 2.40 bits per heavy atom. The van der Waals surface area contributed by atoms with Gasteiger partial charge < -0.3 is 11.1 Å². The van der Waals surface area contributed by atoms with E-state index in [4.69, 9.17) is 17.3 Å². The van der Waals surface area contributed by atoms with Crippen molar-refractivity contribution in [2.24, 2.45) is 11.7 Å². The SMILES string of the molecule is C=C(Cl)CNC(=O)C1(N)CCCC(C)C1. The molecule has 2 unspecified atom stereocenters. The molecule has 1 fully saturated rings. The number of rotatable bonds is 3. The van der Waals surface area contributed by atoms with Crippen LogP contribution in [0.15, 0.2) is 11.6 Å². The van der Waals surface area contributed by atoms with Gasteiger partial charge in [-0.3, -0.25) is 4.79 Å². The minimum absolute atomic E-state index is 0.101. The quantitative estimate of drug-likeness (QED) is 0.777. The Morgan fingerprint density at radius 3 is 2.93 bits per heavy atom. The molecular formula is C11H19ClN2O. The molecule has 4 heteroatoms. The Bertz CT molecular complexity index is 267. The van der Waals surface area contributed by atoms with Crippen molar-refractivity contribution in [3.05, 3.63) is 11.6 Å². The molecule has 1 saturated carbocycles. The van der Waals surface area contributed by atoms with E-state index in [9.17, 15) is 4.79 Å². The fourth-order valence-electron chi connectivity index (χ4n) is 2.15. The molecule has 86 valence electrons. The Morgan fingerprint density at radius 1 is 1.73 bits per heavy atom. The van der Waals surface area contributed by atoms with Crippen LogP contribution in [0.2, 0.25) is 0 Å². The molecule has 0 saturated heterocycles. The lowest BCUT2D eigenvalue weighted by molar-refractivity contribution is -0.127. The van der Waals surface area contributed by atoms with Gasteiger partial charge in [0.1, 0.15) is 0 Å². The summed E-state index contributed by atoms with van der Waals surface area (Å²) in [7, 11) is 0. The summed E-state index contributed by atoms with van der Waals surface area (Å²) >= 11 is 5.58. The fraction of sp³-hybridized carbons (Fsp3) is 0.727. The maximum Gasteiger partial charge on any atom is 0.240 e. The maximum absolute atomic E-state index is 11.8. The van der Waals surface area contributed by atoms with Crippen LogP contribution in [0.4, 0.5) is 0 Å². The Balaban J connectivity index is 2.52. The van der Waals surface area contributed by atoms with Crippen molar-refractivity contribution in [3.8, 4) is 0 Å². The first kappa shape index (κ1) is 12.5. The third kappa shape index (κ3) is 3.50. The average Bonchev–Trinajstić information content (AvgIpc) is 2.13. The number of amides is 1. The molecule has 0 aromatic heterocycles. The molecule has 0 aliphatic heterocycles. The van der Waals surface area contributed by atoms with Gasteiger partial charge in [-0.25, -0.2) is 0 Å². The molecule has 0 aromatic rings. The molecule has 0 radical (unpaired) electrons. The lowest BCUT2D eigenvalue weighted by atomic mass is 9.76. The second kappa shape index (κ2) is 4.99. The summed E-state index contributed by atoms with van der Waals surface area (Å²) in [6.45, 7) is 5.95. The summed E-state index contributed by atoms with van der Waals surface area (Å²) in [6.07, 6.45) is 3.70. The summed E-state index contributed by atoms with van der Waals surface area (Å²) in [5.74, 6) is 0.421. The van der Waals surface area contributed by atoms with E-state index >= 15 is 0 Å². The van der Waals surface area contributed by atoms with Gasteiger partial charge in [0.05, 0.1) is 12.1 Å². The van der Waals surface area contributed by atoms with E-state index in [-0.39, 0.29) is 5.91 Å². The second-order valence-electron chi connectivity index (χ2n) is 4.56. The third-order valence-electron chi connectivity index (χ3n) is 2.93. The van der Waals surface area contributed by atoms with Crippen molar-refractivity contribution < 1.29 is 4.79 Å². The summed E-state index contributed by atoms with van der Waals surface area (Å²) in [4.78, 5) is 11.8. The first-order valence-corrected chi connectivity index (χ1v) is 5.72. The normalized spacial score (nSPS) is 31.0. The molecular weight excluding hydrogens is 212 g/mol. The van der Waals surface area contributed by atoms with Crippen molar-refractivity contribution >= 4 is 17.5 Å². The Kier molecular flexibility index (Phi) is 4.17. The Labute approximate surface area is 96.0 Å². The second-order valence-corrected chi connectivity index (χ2v) is 5.09. The van der Waals surface area contributed by atoms with Crippen molar-refractivity contribution in [2.45, 2.75) is 38.1 Å². The number of hydrogen-bond donors (Lipinski definition) is 2. The van der Waals surface area contributed by atoms with Gasteiger partial charge in [0, 0.05) is 5.03 Å². The molecule has 1 amide bonds. The van der Waals surface area contributed by atoms with E-state index in [2.05, 4.69) is 18.8 Å². The number of carbonyl (C=O) groups excluding carboxylic acids is 1. The highest BCUT2D eigenvalue weighted by Gasteiger charge is 2.37. The Hall–Kier alpha value is -0.540. The van der Waals surface area contributed by atoms with Crippen LogP contribution >= 0.6 is 11.6 Å². The van der Waals surface area contributed by atoms with E-state index in [0.29, 0.717) is 17.5 Å². The number of nitrogens with two attached hydrogens (primary N) is 1. The van der Waals surface area contributed by atoms with E-state index in [1.165, 1.54) is 0 Å². The molecule has 0 bridgehead atoms. The highest BCUT2D eigenvalue weighted by Crippen LogP contribution is 2.30. The lowest BCUT2D eigenvalue weighted by Gasteiger charge is -2.35. The van der Waals surface area contributed by atoms with E-state index < -0.39 is 5.54 Å². The number of carbonyl (C=O) groups is 1. The van der Waals surface area contributed by atoms with Gasteiger partial charge in [0.2, 0.25) is 5.91 Å². The molecule has 1 aliphatic carbocycles. The fourth-order valence-corrected chi connectivity index (χ4v) is 2.22. The van der Waals surface area contributed by atoms with Gasteiger partial charge in [0.25, 0.3) is 0 Å². The zero-order valence-corrected chi connectivity index (χ0v) is 9.94. The average molecular weight is 231 g/mol. The lowest BCUT2D eigenvalue weighted by Crippen LogP contribution is -2.56. The molecule has 0 heterocycles. The van der Waals surface area contributed by atoms with Crippen LogP contribution in [0.25, 0.3) is 0 Å². The molecule has 3 N–H and O–H groups in total. The van der Waals surface area contributed by atoms with Crippen LogP contribution in [0.1, 0.15) is 32.6 Å². The van der Waals surface area contributed by atoms with Crippen LogP contribution in [-0.2, 0) is 4.79 Å². The van der Waals surface area contributed by atoms with Crippen molar-refractivity contribution in [1.82, 2.24) is 5.32 Å². The van der Waals surface area contributed by atoms with Crippen molar-refractivity contribution in [3.63, 3.8) is 0 Å². The van der Waals surface area contributed by atoms with Crippen LogP contribution < -0.4 is 11.1 Å². The number of hydrogen-bond acceptors (Lipinski definition) is 2. The molecule has 1 aliphatic rings. The molecule has 0 spiro atoms. The maximum atomic E-state index is 11.8. The van der Waals surface area contributed by atoms with Gasteiger partial charge in [-0.15, -0.1) is 0 Å². The minimum Gasteiger partial charge on any atom is -0.350 e. The first-order valence-electron chi connectivity index (χ1n) is 5.34. The van der Waals surface area contributed by atoms with E-state index in [1.54, 1.807) is 0 Å². The van der Waals surface area contributed by atoms with Gasteiger partial charge in [0.15, 0.2) is 0 Å². The van der Waals surface area contributed by atoms with Crippen LogP contribution in [0, 0.1) is 5.92 Å². The van der Waals surface area contributed by atoms with E-state index in [1.807, 2.05) is 0 Å². The molecule has 1 rings (SSSR count). The zero-order chi connectivity index (χ0) is 11.5. The van der Waals surface area contributed by atoms with Crippen LogP contribution in [0.3, 0.4) is 0 Å². The van der Waals surface area contributed by atoms with Gasteiger partial charge in [-0.2, -0.15) is 0 Å². The van der Waals surface area contributed by atoms with Crippen LogP contribution in [0.5, 0.6) is 0 Å². The number of nitrogens with one attached hydrogen (secondary N) is 1. The van der Waals surface area contributed by atoms with Crippen molar-refractivity contribution in [2.75, 3.05) is 6.54 Å². The summed E-state index contributed by atoms with van der Waals surface area (Å²) in [5.41, 5.74) is 5.39. The third-order valence-corrected chi connectivity index (χ3v) is 3.06. The smallest absolute Gasteiger partial charge is 0.240 e. The highest BCUT2D eigenvalue weighted by atomic mass is 35.5. The van der Waals surface area contributed by atoms with Crippen LogP contribution in [-0.4, -0.2) is 18.0 Å². The monoisotopic (exact) mass is 230 g/mol. The molecule has 3 nitrogen and oxygen atoms in total. The van der Waals surface area contributed by atoms with Gasteiger partial charge in [-0.1, -0.05) is 37.9 Å². The van der Waals surface area contributed by atoms with Crippen molar-refractivity contribution in [1.29, 1.82) is 0 Å². The molecule has 0 aromatic carbocycles. The molecule has 2 atom stereocenters.